The lowest BCUT2D eigenvalue weighted by Crippen LogP contribution is -2.27. The number of aliphatic hydroxyl groups is 2. The van der Waals surface area contributed by atoms with Gasteiger partial charge in [-0.15, -0.1) is 0 Å². The van der Waals surface area contributed by atoms with E-state index in [4.69, 9.17) is 9.47 Å². The Labute approximate surface area is 344 Å². The molecule has 3 unspecified atom stereocenters. The van der Waals surface area contributed by atoms with E-state index >= 15 is 0 Å². The van der Waals surface area contributed by atoms with Crippen molar-refractivity contribution in [2.75, 3.05) is 39.5 Å². The number of hydrogen-bond acceptors (Lipinski definition) is 6. The molecule has 0 spiro atoms. The molecule has 0 aromatic rings. The van der Waals surface area contributed by atoms with Crippen LogP contribution in [0.15, 0.2) is 0 Å². The van der Waals surface area contributed by atoms with Gasteiger partial charge in [-0.3, -0.25) is 4.79 Å². The summed E-state index contributed by atoms with van der Waals surface area (Å²) in [5.41, 5.74) is 0. The van der Waals surface area contributed by atoms with E-state index in [1.54, 1.807) is 0 Å². The van der Waals surface area contributed by atoms with Gasteiger partial charge < -0.3 is 24.6 Å². The molecule has 0 aliphatic heterocycles. The smallest absolute Gasteiger partial charge is 0.308 e. The van der Waals surface area contributed by atoms with E-state index in [1.807, 2.05) is 0 Å². The molecular weight excluding hydrogens is 683 g/mol. The van der Waals surface area contributed by atoms with Gasteiger partial charge in [-0.05, 0) is 83.8 Å². The van der Waals surface area contributed by atoms with Crippen molar-refractivity contribution in [3.8, 4) is 0 Å². The van der Waals surface area contributed by atoms with E-state index in [0.717, 1.165) is 96.7 Å². The van der Waals surface area contributed by atoms with Crippen molar-refractivity contribution in [2.45, 2.75) is 259 Å². The largest absolute Gasteiger partial charge is 0.465 e. The van der Waals surface area contributed by atoms with E-state index < -0.39 is 6.29 Å². The van der Waals surface area contributed by atoms with Crippen molar-refractivity contribution in [2.24, 2.45) is 11.8 Å². The molecule has 0 aliphatic rings. The fraction of sp³-hybridized carbons (Fsp3) is 0.980. The molecule has 2 N–H and O–H groups in total. The van der Waals surface area contributed by atoms with Crippen molar-refractivity contribution in [3.63, 3.8) is 0 Å². The van der Waals surface area contributed by atoms with Crippen LogP contribution in [0.25, 0.3) is 0 Å². The van der Waals surface area contributed by atoms with Crippen molar-refractivity contribution in [1.82, 2.24) is 4.90 Å². The van der Waals surface area contributed by atoms with Gasteiger partial charge in [0.15, 0.2) is 6.29 Å². The minimum Gasteiger partial charge on any atom is -0.465 e. The van der Waals surface area contributed by atoms with Gasteiger partial charge in [0.25, 0.3) is 0 Å². The zero-order valence-corrected chi connectivity index (χ0v) is 37.8. The average Bonchev–Trinajstić information content (AvgIpc) is 3.19. The van der Waals surface area contributed by atoms with Crippen LogP contribution in [0.3, 0.4) is 0 Å². The van der Waals surface area contributed by atoms with Crippen LogP contribution in [-0.2, 0) is 14.3 Å². The van der Waals surface area contributed by atoms with Crippen LogP contribution in [0.4, 0.5) is 0 Å². The van der Waals surface area contributed by atoms with Crippen LogP contribution in [0.2, 0.25) is 0 Å². The van der Waals surface area contributed by atoms with Crippen molar-refractivity contribution < 1.29 is 24.5 Å². The first-order valence-electron chi connectivity index (χ1n) is 24.8. The third-order valence-corrected chi connectivity index (χ3v) is 11.8. The molecule has 0 heterocycles. The predicted molar refractivity (Wildman–Crippen MR) is 238 cm³/mol. The number of esters is 1. The Bertz CT molecular complexity index is 751. The van der Waals surface area contributed by atoms with Gasteiger partial charge in [0.05, 0.1) is 12.5 Å². The number of aliphatic hydroxyl groups excluding tert-OH is 2. The third-order valence-electron chi connectivity index (χ3n) is 11.8. The summed E-state index contributed by atoms with van der Waals surface area (Å²) in [4.78, 5) is 15.6. The molecule has 0 bridgehead atoms. The Morgan fingerprint density at radius 1 is 0.455 bits per heavy atom. The number of unbranched alkanes of at least 4 members (excludes halogenated alkanes) is 24. The van der Waals surface area contributed by atoms with Crippen LogP contribution < -0.4 is 0 Å². The van der Waals surface area contributed by atoms with Crippen LogP contribution in [0.1, 0.15) is 252 Å². The number of ether oxygens (including phenoxy) is 2. The minimum absolute atomic E-state index is 0.0590. The van der Waals surface area contributed by atoms with E-state index in [9.17, 15) is 15.0 Å². The molecule has 330 valence electrons. The zero-order chi connectivity index (χ0) is 40.3. The van der Waals surface area contributed by atoms with Gasteiger partial charge in [-0.2, -0.15) is 0 Å². The molecule has 0 aliphatic carbocycles. The normalized spacial score (nSPS) is 13.4. The molecule has 3 atom stereocenters. The summed E-state index contributed by atoms with van der Waals surface area (Å²) in [6.07, 6.45) is 41.2. The lowest BCUT2D eigenvalue weighted by Gasteiger charge is -2.24. The maximum atomic E-state index is 13.0. The number of hydrogen-bond donors (Lipinski definition) is 2. The summed E-state index contributed by atoms with van der Waals surface area (Å²) in [6, 6.07) is 0. The Kier molecular flexibility index (Phi) is 43.9. The summed E-state index contributed by atoms with van der Waals surface area (Å²) in [7, 11) is 0. The van der Waals surface area contributed by atoms with E-state index in [0.29, 0.717) is 13.2 Å². The summed E-state index contributed by atoms with van der Waals surface area (Å²) in [5.74, 6) is 0.438. The Morgan fingerprint density at radius 3 is 1.29 bits per heavy atom. The molecular formula is C49H99NO5. The predicted octanol–water partition coefficient (Wildman–Crippen LogP) is 14.1. The molecule has 0 saturated heterocycles. The second-order valence-electron chi connectivity index (χ2n) is 17.2. The van der Waals surface area contributed by atoms with Crippen LogP contribution in [0, 0.1) is 11.8 Å². The van der Waals surface area contributed by atoms with Crippen LogP contribution in [-0.4, -0.2) is 66.8 Å². The Hall–Kier alpha value is -0.690. The number of rotatable bonds is 46. The number of carbonyl (C=O) groups excluding carboxylic acids is 1. The SMILES string of the molecule is CCCCCCCCC(CCCCCC)C(=O)OCCCCCCN(CCCCO)CCCCCCOC(O)C(CCCCCCC)CCCCCCCC. The molecule has 0 rings (SSSR count). The first-order chi connectivity index (χ1) is 27.0. The van der Waals surface area contributed by atoms with Gasteiger partial charge in [0.1, 0.15) is 0 Å². The highest BCUT2D eigenvalue weighted by atomic mass is 16.6. The molecule has 0 aromatic carbocycles. The van der Waals surface area contributed by atoms with Gasteiger partial charge >= 0.3 is 5.97 Å². The molecule has 6 heteroatoms. The highest BCUT2D eigenvalue weighted by molar-refractivity contribution is 5.72. The van der Waals surface area contributed by atoms with Gasteiger partial charge in [0.2, 0.25) is 0 Å². The van der Waals surface area contributed by atoms with Crippen LogP contribution >= 0.6 is 0 Å². The lowest BCUT2D eigenvalue weighted by atomic mass is 9.93. The fourth-order valence-corrected chi connectivity index (χ4v) is 7.99. The monoisotopic (exact) mass is 782 g/mol. The summed E-state index contributed by atoms with van der Waals surface area (Å²) in [6.45, 7) is 13.8. The van der Waals surface area contributed by atoms with Gasteiger partial charge in [0, 0.05) is 19.1 Å². The maximum Gasteiger partial charge on any atom is 0.308 e. The van der Waals surface area contributed by atoms with Crippen molar-refractivity contribution in [3.05, 3.63) is 0 Å². The topological polar surface area (TPSA) is 79.2 Å². The molecule has 6 nitrogen and oxygen atoms in total. The van der Waals surface area contributed by atoms with E-state index in [1.165, 1.54) is 148 Å². The quantitative estimate of drug-likeness (QED) is 0.0364. The fourth-order valence-electron chi connectivity index (χ4n) is 7.99. The first-order valence-corrected chi connectivity index (χ1v) is 24.8. The number of carbonyl (C=O) groups is 1. The Morgan fingerprint density at radius 2 is 0.818 bits per heavy atom. The number of nitrogens with zero attached hydrogens (tertiary/aromatic N) is 1. The molecule has 55 heavy (non-hydrogen) atoms. The molecule has 0 saturated carbocycles. The molecule has 0 aromatic heterocycles. The van der Waals surface area contributed by atoms with Gasteiger partial charge in [-0.1, -0.05) is 188 Å². The third kappa shape index (κ3) is 37.3. The molecule has 0 fully saturated rings. The highest BCUT2D eigenvalue weighted by Gasteiger charge is 2.20. The first kappa shape index (κ1) is 54.3. The van der Waals surface area contributed by atoms with Crippen LogP contribution in [0.5, 0.6) is 0 Å². The van der Waals surface area contributed by atoms with Crippen molar-refractivity contribution >= 4 is 5.97 Å². The second-order valence-corrected chi connectivity index (χ2v) is 17.2. The maximum absolute atomic E-state index is 13.0. The second kappa shape index (κ2) is 44.4. The van der Waals surface area contributed by atoms with E-state index in [-0.39, 0.29) is 24.4 Å². The lowest BCUT2D eigenvalue weighted by molar-refractivity contribution is -0.149. The molecule has 0 amide bonds. The molecule has 0 radical (unpaired) electrons. The van der Waals surface area contributed by atoms with Gasteiger partial charge in [-0.25, -0.2) is 0 Å². The minimum atomic E-state index is -0.608. The summed E-state index contributed by atoms with van der Waals surface area (Å²) < 4.78 is 11.9. The standard InChI is InChI=1S/C49H99NO5/c1-5-9-13-17-20-28-38-46(36-26-16-12-8-4)48(52)54-44-34-24-22-30-40-50(42-32-33-43-51)41-31-23-25-35-45-55-49(53)47(37-27-19-15-11-7-3)39-29-21-18-14-10-6-2/h46-47,49,51,53H,5-45H2,1-4H3. The summed E-state index contributed by atoms with van der Waals surface area (Å²) in [5, 5.41) is 20.3. The zero-order valence-electron chi connectivity index (χ0n) is 37.8. The summed E-state index contributed by atoms with van der Waals surface area (Å²) >= 11 is 0. The average molecular weight is 782 g/mol. The Balaban J connectivity index is 4.38. The highest BCUT2D eigenvalue weighted by Crippen LogP contribution is 2.24. The van der Waals surface area contributed by atoms with Crippen molar-refractivity contribution in [1.29, 1.82) is 0 Å². The van der Waals surface area contributed by atoms with E-state index in [2.05, 4.69) is 32.6 Å².